The summed E-state index contributed by atoms with van der Waals surface area (Å²) in [4.78, 5) is 22.6. The maximum absolute atomic E-state index is 11.8. The van der Waals surface area contributed by atoms with Crippen LogP contribution in [0, 0.1) is 12.3 Å². The highest BCUT2D eigenvalue weighted by molar-refractivity contribution is 5.96. The molecule has 0 aromatic heterocycles. The lowest BCUT2D eigenvalue weighted by atomic mass is 10.1. The average molecular weight is 247 g/mol. The van der Waals surface area contributed by atoms with Crippen LogP contribution in [0.1, 0.15) is 16.8 Å². The number of hydrogen-bond donors (Lipinski definition) is 2. The Kier molecular flexibility index (Phi) is 4.76. The van der Waals surface area contributed by atoms with Crippen molar-refractivity contribution < 1.29 is 19.4 Å². The molecule has 0 fully saturated rings. The Morgan fingerprint density at radius 2 is 2.06 bits per heavy atom. The fraction of sp³-hybridized carbons (Fsp3) is 0.231. The Morgan fingerprint density at radius 1 is 1.44 bits per heavy atom. The lowest BCUT2D eigenvalue weighted by Crippen LogP contribution is -2.40. The Morgan fingerprint density at radius 3 is 2.50 bits per heavy atom. The fourth-order valence-electron chi connectivity index (χ4n) is 1.30. The molecule has 5 nitrogen and oxygen atoms in total. The SMILES string of the molecule is C#CCC(NC(=O)c1ccc(OC)cc1)C(=O)O. The van der Waals surface area contributed by atoms with Gasteiger partial charge in [-0.05, 0) is 24.3 Å². The normalized spacial score (nSPS) is 11.1. The molecule has 0 spiro atoms. The molecule has 1 aromatic carbocycles. The molecule has 1 unspecified atom stereocenters. The summed E-state index contributed by atoms with van der Waals surface area (Å²) in [6.07, 6.45) is 4.98. The van der Waals surface area contributed by atoms with Gasteiger partial charge in [-0.3, -0.25) is 4.79 Å². The Hall–Kier alpha value is -2.48. The van der Waals surface area contributed by atoms with E-state index in [4.69, 9.17) is 16.3 Å². The van der Waals surface area contributed by atoms with Crippen LogP contribution < -0.4 is 10.1 Å². The molecule has 0 aliphatic carbocycles. The lowest BCUT2D eigenvalue weighted by molar-refractivity contribution is -0.139. The molecule has 1 atom stereocenters. The van der Waals surface area contributed by atoms with Gasteiger partial charge in [0, 0.05) is 12.0 Å². The van der Waals surface area contributed by atoms with E-state index in [1.165, 1.54) is 7.11 Å². The highest BCUT2D eigenvalue weighted by atomic mass is 16.5. The topological polar surface area (TPSA) is 75.6 Å². The van der Waals surface area contributed by atoms with E-state index in [1.807, 2.05) is 0 Å². The molecule has 0 aliphatic heterocycles. The lowest BCUT2D eigenvalue weighted by Gasteiger charge is -2.11. The Balaban J connectivity index is 2.74. The first-order valence-electron chi connectivity index (χ1n) is 5.19. The minimum atomic E-state index is -1.16. The van der Waals surface area contributed by atoms with Crippen molar-refractivity contribution in [2.45, 2.75) is 12.5 Å². The van der Waals surface area contributed by atoms with Crippen molar-refractivity contribution in [2.24, 2.45) is 0 Å². The van der Waals surface area contributed by atoms with Crippen LogP contribution in [0.15, 0.2) is 24.3 Å². The zero-order valence-corrected chi connectivity index (χ0v) is 9.84. The third-order valence-electron chi connectivity index (χ3n) is 2.28. The summed E-state index contributed by atoms with van der Waals surface area (Å²) in [6, 6.07) is 5.24. The van der Waals surface area contributed by atoms with E-state index in [0.29, 0.717) is 11.3 Å². The Bertz CT molecular complexity index is 473. The zero-order chi connectivity index (χ0) is 13.5. The van der Waals surface area contributed by atoms with Gasteiger partial charge in [-0.25, -0.2) is 4.79 Å². The minimum absolute atomic E-state index is 0.0583. The predicted octanol–water partition coefficient (Wildman–Crippen LogP) is 0.901. The minimum Gasteiger partial charge on any atom is -0.497 e. The summed E-state index contributed by atoms with van der Waals surface area (Å²) in [5.41, 5.74) is 0.346. The number of rotatable bonds is 5. The van der Waals surface area contributed by atoms with Crippen LogP contribution in [0.3, 0.4) is 0 Å². The summed E-state index contributed by atoms with van der Waals surface area (Å²) in [5.74, 6) is 1.18. The van der Waals surface area contributed by atoms with Crippen molar-refractivity contribution >= 4 is 11.9 Å². The van der Waals surface area contributed by atoms with E-state index in [-0.39, 0.29) is 6.42 Å². The molecule has 1 rings (SSSR count). The number of carbonyl (C=O) groups is 2. The molecule has 0 saturated heterocycles. The van der Waals surface area contributed by atoms with Crippen LogP contribution in [-0.4, -0.2) is 30.1 Å². The van der Waals surface area contributed by atoms with Gasteiger partial charge in [-0.15, -0.1) is 12.3 Å². The summed E-state index contributed by atoms with van der Waals surface area (Å²) in [7, 11) is 1.52. The number of ether oxygens (including phenoxy) is 1. The first-order valence-corrected chi connectivity index (χ1v) is 5.19. The molecule has 1 amide bonds. The molecule has 0 aliphatic rings. The number of methoxy groups -OCH3 is 1. The quantitative estimate of drug-likeness (QED) is 0.758. The van der Waals surface area contributed by atoms with Gasteiger partial charge in [0.05, 0.1) is 7.11 Å². The predicted molar refractivity (Wildman–Crippen MR) is 65.3 cm³/mol. The monoisotopic (exact) mass is 247 g/mol. The van der Waals surface area contributed by atoms with Crippen LogP contribution >= 0.6 is 0 Å². The van der Waals surface area contributed by atoms with Gasteiger partial charge in [0.15, 0.2) is 0 Å². The van der Waals surface area contributed by atoms with E-state index in [9.17, 15) is 9.59 Å². The van der Waals surface area contributed by atoms with E-state index in [0.717, 1.165) is 0 Å². The second kappa shape index (κ2) is 6.30. The zero-order valence-electron chi connectivity index (χ0n) is 9.84. The van der Waals surface area contributed by atoms with Gasteiger partial charge in [0.1, 0.15) is 11.8 Å². The molecule has 0 saturated carbocycles. The number of terminal acetylenes is 1. The first-order chi connectivity index (χ1) is 8.58. The van der Waals surface area contributed by atoms with Crippen LogP contribution in [0.2, 0.25) is 0 Å². The summed E-state index contributed by atoms with van der Waals surface area (Å²) < 4.78 is 4.95. The van der Waals surface area contributed by atoms with Crippen molar-refractivity contribution in [1.82, 2.24) is 5.32 Å². The number of benzene rings is 1. The number of nitrogens with one attached hydrogen (secondary N) is 1. The van der Waals surface area contributed by atoms with Gasteiger partial charge >= 0.3 is 5.97 Å². The molecule has 0 radical (unpaired) electrons. The second-order valence-electron chi connectivity index (χ2n) is 3.50. The van der Waals surface area contributed by atoms with Crippen LogP contribution in [0.25, 0.3) is 0 Å². The summed E-state index contributed by atoms with van der Waals surface area (Å²) in [6.45, 7) is 0. The third kappa shape index (κ3) is 3.52. The van der Waals surface area contributed by atoms with Crippen LogP contribution in [-0.2, 0) is 4.79 Å². The molecule has 94 valence electrons. The molecule has 2 N–H and O–H groups in total. The standard InChI is InChI=1S/C13H13NO4/c1-3-4-11(13(16)17)14-12(15)9-5-7-10(18-2)8-6-9/h1,5-8,11H,4H2,2H3,(H,14,15)(H,16,17). The highest BCUT2D eigenvalue weighted by Gasteiger charge is 2.19. The van der Waals surface area contributed by atoms with Gasteiger partial charge in [-0.2, -0.15) is 0 Å². The van der Waals surface area contributed by atoms with Crippen LogP contribution in [0.5, 0.6) is 5.75 Å². The maximum Gasteiger partial charge on any atom is 0.327 e. The van der Waals surface area contributed by atoms with Gasteiger partial charge in [-0.1, -0.05) is 0 Å². The number of carboxylic acid groups (broad SMARTS) is 1. The second-order valence-corrected chi connectivity index (χ2v) is 3.50. The third-order valence-corrected chi connectivity index (χ3v) is 2.28. The number of carboxylic acids is 1. The van der Waals surface area contributed by atoms with Crippen molar-refractivity contribution in [3.05, 3.63) is 29.8 Å². The van der Waals surface area contributed by atoms with E-state index < -0.39 is 17.9 Å². The molecule has 1 aromatic rings. The molecular weight excluding hydrogens is 234 g/mol. The van der Waals surface area contributed by atoms with Crippen molar-refractivity contribution in [1.29, 1.82) is 0 Å². The molecule has 5 heteroatoms. The number of carbonyl (C=O) groups excluding carboxylic acids is 1. The van der Waals surface area contributed by atoms with Crippen LogP contribution in [0.4, 0.5) is 0 Å². The maximum atomic E-state index is 11.8. The van der Waals surface area contributed by atoms with E-state index in [1.54, 1.807) is 24.3 Å². The fourth-order valence-corrected chi connectivity index (χ4v) is 1.30. The number of amides is 1. The average Bonchev–Trinajstić information content (AvgIpc) is 2.38. The van der Waals surface area contributed by atoms with Gasteiger partial charge in [0.2, 0.25) is 0 Å². The largest absolute Gasteiger partial charge is 0.497 e. The van der Waals surface area contributed by atoms with E-state index >= 15 is 0 Å². The molecule has 18 heavy (non-hydrogen) atoms. The Labute approximate surface area is 105 Å². The van der Waals surface area contributed by atoms with Crippen molar-refractivity contribution in [2.75, 3.05) is 7.11 Å². The highest BCUT2D eigenvalue weighted by Crippen LogP contribution is 2.11. The van der Waals surface area contributed by atoms with Gasteiger partial charge in [0.25, 0.3) is 5.91 Å². The van der Waals surface area contributed by atoms with Gasteiger partial charge < -0.3 is 15.2 Å². The first kappa shape index (κ1) is 13.6. The smallest absolute Gasteiger partial charge is 0.327 e. The summed E-state index contributed by atoms with van der Waals surface area (Å²) in [5, 5.41) is 11.2. The number of hydrogen-bond acceptors (Lipinski definition) is 3. The number of aliphatic carboxylic acids is 1. The van der Waals surface area contributed by atoms with Crippen molar-refractivity contribution in [3.63, 3.8) is 0 Å². The molecular formula is C13H13NO4. The molecule has 0 heterocycles. The molecule has 0 bridgehead atoms. The van der Waals surface area contributed by atoms with E-state index in [2.05, 4.69) is 11.2 Å². The summed E-state index contributed by atoms with van der Waals surface area (Å²) >= 11 is 0. The van der Waals surface area contributed by atoms with Crippen molar-refractivity contribution in [3.8, 4) is 18.1 Å².